The first-order chi connectivity index (χ1) is 9.90. The lowest BCUT2D eigenvalue weighted by Gasteiger charge is -2.40. The van der Waals surface area contributed by atoms with Crippen LogP contribution >= 0.6 is 0 Å². The average Bonchev–Trinajstić information content (AvgIpc) is 2.44. The predicted molar refractivity (Wildman–Crippen MR) is 66.3 cm³/mol. The van der Waals surface area contributed by atoms with Gasteiger partial charge in [0.05, 0.1) is 24.5 Å². The van der Waals surface area contributed by atoms with Gasteiger partial charge in [0.2, 0.25) is 0 Å². The van der Waals surface area contributed by atoms with Crippen molar-refractivity contribution in [2.24, 2.45) is 0 Å². The predicted octanol–water partition coefficient (Wildman–Crippen LogP) is -3.93. The van der Waals surface area contributed by atoms with Gasteiger partial charge in [-0.2, -0.15) is 0 Å². The number of nitrogens with one attached hydrogen (secondary N) is 2. The smallest absolute Gasteiger partial charge is 0.325 e. The van der Waals surface area contributed by atoms with Crippen LogP contribution in [0.5, 0.6) is 0 Å². The Labute approximate surface area is 117 Å². The van der Waals surface area contributed by atoms with Crippen molar-refractivity contribution in [1.29, 1.82) is 0 Å². The number of aromatic nitrogens is 2. The first-order valence-corrected chi connectivity index (χ1v) is 6.17. The lowest BCUT2D eigenvalue weighted by Crippen LogP contribution is -2.56. The Bertz CT molecular complexity index is 609. The van der Waals surface area contributed by atoms with E-state index < -0.39 is 55.0 Å². The molecule has 2 heterocycles. The van der Waals surface area contributed by atoms with Gasteiger partial charge in [-0.1, -0.05) is 0 Å². The van der Waals surface area contributed by atoms with Crippen LogP contribution in [0.1, 0.15) is 17.4 Å². The standard InChI is InChI=1S/C11H16N2O8/c14-1-3-5(12-11(20)13-10(3)19)9-8(18)7(17)6(16)4(2-15)21-9/h4,6-9,14-18H,1-2H2,(H2,12,13,19,20)/t4-,6-,7+,8-,9+/m1/s1. The summed E-state index contributed by atoms with van der Waals surface area (Å²) in [6, 6.07) is 0. The van der Waals surface area contributed by atoms with Crippen LogP contribution in [-0.4, -0.2) is 66.5 Å². The molecule has 1 fully saturated rings. The molecule has 10 nitrogen and oxygen atoms in total. The maximum atomic E-state index is 11.6. The highest BCUT2D eigenvalue weighted by Gasteiger charge is 2.45. The molecule has 0 unspecified atom stereocenters. The molecule has 5 atom stereocenters. The Balaban J connectivity index is 2.50. The van der Waals surface area contributed by atoms with Gasteiger partial charge in [0.1, 0.15) is 30.5 Å². The van der Waals surface area contributed by atoms with E-state index in [1.54, 1.807) is 0 Å². The molecule has 2 rings (SSSR count). The molecule has 1 saturated heterocycles. The molecule has 1 aromatic heterocycles. The number of rotatable bonds is 3. The molecule has 0 spiro atoms. The highest BCUT2D eigenvalue weighted by Crippen LogP contribution is 2.31. The fourth-order valence-corrected chi connectivity index (χ4v) is 2.27. The first kappa shape index (κ1) is 15.8. The van der Waals surface area contributed by atoms with Crippen molar-refractivity contribution in [3.63, 3.8) is 0 Å². The first-order valence-electron chi connectivity index (χ1n) is 6.17. The molecule has 0 saturated carbocycles. The van der Waals surface area contributed by atoms with Crippen molar-refractivity contribution >= 4 is 0 Å². The lowest BCUT2D eigenvalue weighted by molar-refractivity contribution is -0.233. The summed E-state index contributed by atoms with van der Waals surface area (Å²) >= 11 is 0. The van der Waals surface area contributed by atoms with E-state index in [4.69, 9.17) is 9.84 Å². The van der Waals surface area contributed by atoms with Gasteiger partial charge in [-0.25, -0.2) is 4.79 Å². The van der Waals surface area contributed by atoms with E-state index in [1.807, 2.05) is 4.98 Å². The minimum atomic E-state index is -1.66. The van der Waals surface area contributed by atoms with Crippen molar-refractivity contribution in [2.45, 2.75) is 37.1 Å². The minimum Gasteiger partial charge on any atom is -0.394 e. The second kappa shape index (κ2) is 6.05. The quantitative estimate of drug-likeness (QED) is 0.296. The zero-order chi connectivity index (χ0) is 15.7. The maximum Gasteiger partial charge on any atom is 0.325 e. The summed E-state index contributed by atoms with van der Waals surface area (Å²) in [5.74, 6) is 0. The molecular formula is C11H16N2O8. The highest BCUT2D eigenvalue weighted by atomic mass is 16.5. The minimum absolute atomic E-state index is 0.219. The Kier molecular flexibility index (Phi) is 4.56. The molecule has 0 aliphatic carbocycles. The second-order valence-electron chi connectivity index (χ2n) is 4.71. The second-order valence-corrected chi connectivity index (χ2v) is 4.71. The largest absolute Gasteiger partial charge is 0.394 e. The number of aliphatic hydroxyl groups is 5. The highest BCUT2D eigenvalue weighted by molar-refractivity contribution is 5.20. The number of aliphatic hydroxyl groups excluding tert-OH is 5. The summed E-state index contributed by atoms with van der Waals surface area (Å²) < 4.78 is 5.23. The van der Waals surface area contributed by atoms with Crippen LogP contribution < -0.4 is 11.2 Å². The molecule has 0 radical (unpaired) electrons. The van der Waals surface area contributed by atoms with E-state index in [2.05, 4.69) is 4.98 Å². The van der Waals surface area contributed by atoms with Gasteiger partial charge < -0.3 is 35.3 Å². The molecule has 7 N–H and O–H groups in total. The van der Waals surface area contributed by atoms with Crippen LogP contribution in [0.15, 0.2) is 9.59 Å². The zero-order valence-electron chi connectivity index (χ0n) is 10.8. The van der Waals surface area contributed by atoms with E-state index in [9.17, 15) is 30.0 Å². The van der Waals surface area contributed by atoms with Crippen LogP contribution in [0.3, 0.4) is 0 Å². The van der Waals surface area contributed by atoms with Crippen LogP contribution in [0.4, 0.5) is 0 Å². The molecule has 1 aliphatic rings. The van der Waals surface area contributed by atoms with E-state index in [0.29, 0.717) is 0 Å². The summed E-state index contributed by atoms with van der Waals surface area (Å²) in [7, 11) is 0. The number of aromatic amines is 2. The van der Waals surface area contributed by atoms with Gasteiger partial charge in [-0.3, -0.25) is 9.78 Å². The summed E-state index contributed by atoms with van der Waals surface area (Å²) in [5.41, 5.74) is -2.22. The van der Waals surface area contributed by atoms with Crippen LogP contribution in [0.2, 0.25) is 0 Å². The Morgan fingerprint density at radius 3 is 2.24 bits per heavy atom. The third-order valence-electron chi connectivity index (χ3n) is 3.41. The Morgan fingerprint density at radius 2 is 1.67 bits per heavy atom. The third kappa shape index (κ3) is 2.77. The van der Waals surface area contributed by atoms with Crippen LogP contribution in [0.25, 0.3) is 0 Å². The molecule has 118 valence electrons. The fourth-order valence-electron chi connectivity index (χ4n) is 2.27. The molecule has 0 amide bonds. The van der Waals surface area contributed by atoms with Gasteiger partial charge >= 0.3 is 5.69 Å². The lowest BCUT2D eigenvalue weighted by atomic mass is 9.92. The van der Waals surface area contributed by atoms with Crippen molar-refractivity contribution in [3.05, 3.63) is 32.1 Å². The molecule has 1 aromatic rings. The SMILES string of the molecule is O=c1[nH]c([C@@H]2O[C@H](CO)[C@@H](O)[C@H](O)[C@H]2O)c(CO)c(=O)[nH]1. The molecule has 1 aliphatic heterocycles. The van der Waals surface area contributed by atoms with Crippen LogP contribution in [0, 0.1) is 0 Å². The number of ether oxygens (including phenoxy) is 1. The van der Waals surface area contributed by atoms with E-state index in [0.717, 1.165) is 0 Å². The van der Waals surface area contributed by atoms with Gasteiger partial charge in [0, 0.05) is 0 Å². The number of hydrogen-bond acceptors (Lipinski definition) is 8. The monoisotopic (exact) mass is 304 g/mol. The van der Waals surface area contributed by atoms with Crippen molar-refractivity contribution in [2.75, 3.05) is 6.61 Å². The molecular weight excluding hydrogens is 288 g/mol. The van der Waals surface area contributed by atoms with Gasteiger partial charge in [-0.15, -0.1) is 0 Å². The fraction of sp³-hybridized carbons (Fsp3) is 0.636. The molecule has 21 heavy (non-hydrogen) atoms. The van der Waals surface area contributed by atoms with Gasteiger partial charge in [0.15, 0.2) is 0 Å². The zero-order valence-corrected chi connectivity index (χ0v) is 10.8. The van der Waals surface area contributed by atoms with E-state index >= 15 is 0 Å². The van der Waals surface area contributed by atoms with Crippen molar-refractivity contribution < 1.29 is 30.3 Å². The average molecular weight is 304 g/mol. The summed E-state index contributed by atoms with van der Waals surface area (Å²) in [4.78, 5) is 27.1. The van der Waals surface area contributed by atoms with Crippen LogP contribution in [-0.2, 0) is 11.3 Å². The molecule has 0 bridgehead atoms. The van der Waals surface area contributed by atoms with Crippen molar-refractivity contribution in [1.82, 2.24) is 9.97 Å². The molecule has 0 aromatic carbocycles. The third-order valence-corrected chi connectivity index (χ3v) is 3.41. The Hall–Kier alpha value is -1.56. The normalized spacial score (nSPS) is 33.1. The summed E-state index contributed by atoms with van der Waals surface area (Å²) in [6.45, 7) is -1.39. The Morgan fingerprint density at radius 1 is 1.00 bits per heavy atom. The number of hydrogen-bond donors (Lipinski definition) is 7. The van der Waals surface area contributed by atoms with Gasteiger partial charge in [-0.05, 0) is 0 Å². The number of H-pyrrole nitrogens is 2. The summed E-state index contributed by atoms with van der Waals surface area (Å²) in [6.07, 6.45) is -7.46. The van der Waals surface area contributed by atoms with E-state index in [1.165, 1.54) is 0 Å². The molecule has 10 heteroatoms. The topological polar surface area (TPSA) is 176 Å². The van der Waals surface area contributed by atoms with Crippen molar-refractivity contribution in [3.8, 4) is 0 Å². The summed E-state index contributed by atoms with van der Waals surface area (Å²) in [5, 5.41) is 47.6. The van der Waals surface area contributed by atoms with E-state index in [-0.39, 0.29) is 11.3 Å². The maximum absolute atomic E-state index is 11.6. The van der Waals surface area contributed by atoms with Gasteiger partial charge in [0.25, 0.3) is 5.56 Å².